The minimum absolute atomic E-state index is 0.893. The second-order valence-corrected chi connectivity index (χ2v) is 18.8. The third-order valence-electron chi connectivity index (χ3n) is 11.3. The molecule has 2 aromatic heterocycles. The Morgan fingerprint density at radius 1 is 0.423 bits per heavy atom. The minimum atomic E-state index is -2.08. The molecule has 0 bridgehead atoms. The fraction of sp³-hybridized carbons (Fsp3) is 0.0417. The van der Waals surface area contributed by atoms with E-state index in [0.717, 1.165) is 50.2 Å². The van der Waals surface area contributed by atoms with Gasteiger partial charge in [0.25, 0.3) is 0 Å². The van der Waals surface area contributed by atoms with E-state index in [-0.39, 0.29) is 0 Å². The molecular formula is C48H33NO2Si. The average Bonchev–Trinajstić information content (AvgIpc) is 3.82. The van der Waals surface area contributed by atoms with Crippen LogP contribution in [-0.4, -0.2) is 8.07 Å². The first kappa shape index (κ1) is 29.4. The zero-order valence-corrected chi connectivity index (χ0v) is 29.9. The lowest BCUT2D eigenvalue weighted by Crippen LogP contribution is -2.49. The van der Waals surface area contributed by atoms with E-state index >= 15 is 0 Å². The Bertz CT molecular complexity index is 3050. The van der Waals surface area contributed by atoms with Crippen LogP contribution in [0.3, 0.4) is 0 Å². The van der Waals surface area contributed by atoms with Crippen molar-refractivity contribution in [3.63, 3.8) is 0 Å². The van der Waals surface area contributed by atoms with Crippen LogP contribution >= 0.6 is 0 Å². The average molecular weight is 684 g/mol. The van der Waals surface area contributed by atoms with Crippen LogP contribution in [0, 0.1) is 0 Å². The number of fused-ring (bicyclic) bond motifs is 11. The largest absolute Gasteiger partial charge is 0.456 e. The molecule has 11 rings (SSSR count). The molecule has 8 aromatic carbocycles. The molecule has 0 spiro atoms. The maximum absolute atomic E-state index is 6.61. The zero-order chi connectivity index (χ0) is 34.6. The van der Waals surface area contributed by atoms with Gasteiger partial charge >= 0.3 is 0 Å². The lowest BCUT2D eigenvalue weighted by Gasteiger charge is -2.28. The summed E-state index contributed by atoms with van der Waals surface area (Å²) in [6.07, 6.45) is 0. The van der Waals surface area contributed by atoms with Gasteiger partial charge in [-0.05, 0) is 92.4 Å². The number of rotatable bonds is 4. The normalized spacial score (nSPS) is 13.3. The van der Waals surface area contributed by atoms with E-state index in [0.29, 0.717) is 0 Å². The molecule has 3 nitrogen and oxygen atoms in total. The first-order valence-electron chi connectivity index (χ1n) is 17.9. The van der Waals surface area contributed by atoms with Gasteiger partial charge in [-0.1, -0.05) is 122 Å². The van der Waals surface area contributed by atoms with Gasteiger partial charge in [0.1, 0.15) is 30.4 Å². The Morgan fingerprint density at radius 2 is 1.06 bits per heavy atom. The second-order valence-electron chi connectivity index (χ2n) is 14.5. The van der Waals surface area contributed by atoms with E-state index in [1.807, 2.05) is 12.1 Å². The summed E-state index contributed by atoms with van der Waals surface area (Å²) in [5.74, 6) is 0. The van der Waals surface area contributed by atoms with Crippen molar-refractivity contribution in [3.8, 4) is 22.3 Å². The van der Waals surface area contributed by atoms with Crippen molar-refractivity contribution in [1.82, 2.24) is 0 Å². The molecule has 0 N–H and O–H groups in total. The standard InChI is InChI=1S/C48H33NO2Si/c1-52(2)45-27-25-39-37-13-5-8-17-43(37)51-48(39)47(45)40-24-22-34(29-46(40)52)49(33-23-26-44-41(28-33)38-14-6-7-16-42(38)50-44)32-20-18-31(19-21-32)36-15-9-11-30-10-3-4-12-35(30)36/h3-29H,1-2H3. The van der Waals surface area contributed by atoms with Crippen molar-refractivity contribution < 1.29 is 8.83 Å². The Morgan fingerprint density at radius 3 is 1.88 bits per heavy atom. The summed E-state index contributed by atoms with van der Waals surface area (Å²) in [5, 5.41) is 9.96. The maximum atomic E-state index is 6.61. The SMILES string of the molecule is C[Si]1(C)c2cc(N(c3ccc(-c4cccc5ccccc45)cc3)c3ccc4oc5ccccc5c4c3)ccc2-c2c1ccc1c2oc2ccccc21. The number of anilines is 3. The molecule has 52 heavy (non-hydrogen) atoms. The highest BCUT2D eigenvalue weighted by atomic mass is 28.3. The van der Waals surface area contributed by atoms with Crippen LogP contribution in [0.15, 0.2) is 173 Å². The van der Waals surface area contributed by atoms with Gasteiger partial charge < -0.3 is 13.7 Å². The fourth-order valence-electron chi connectivity index (χ4n) is 8.70. The zero-order valence-electron chi connectivity index (χ0n) is 28.9. The van der Waals surface area contributed by atoms with Crippen LogP contribution in [-0.2, 0) is 0 Å². The summed E-state index contributed by atoms with van der Waals surface area (Å²) in [5.41, 5.74) is 12.1. The van der Waals surface area contributed by atoms with Crippen LogP contribution in [0.5, 0.6) is 0 Å². The lowest BCUT2D eigenvalue weighted by molar-refractivity contribution is 0.669. The number of hydrogen-bond acceptors (Lipinski definition) is 3. The third kappa shape index (κ3) is 4.19. The highest BCUT2D eigenvalue weighted by Gasteiger charge is 2.40. The van der Waals surface area contributed by atoms with Crippen LogP contribution < -0.4 is 15.3 Å². The molecule has 1 aliphatic heterocycles. The maximum Gasteiger partial charge on any atom is 0.143 e. The molecule has 3 heterocycles. The fourth-order valence-corrected chi connectivity index (χ4v) is 11.7. The molecule has 0 unspecified atom stereocenters. The first-order chi connectivity index (χ1) is 25.5. The monoisotopic (exact) mass is 683 g/mol. The van der Waals surface area contributed by atoms with Gasteiger partial charge in [0, 0.05) is 44.2 Å². The predicted octanol–water partition coefficient (Wildman–Crippen LogP) is 12.6. The summed E-state index contributed by atoms with van der Waals surface area (Å²) >= 11 is 0. The number of furan rings is 2. The number of para-hydroxylation sites is 2. The summed E-state index contributed by atoms with van der Waals surface area (Å²) < 4.78 is 12.9. The number of benzene rings is 8. The van der Waals surface area contributed by atoms with Crippen molar-refractivity contribution in [2.24, 2.45) is 0 Å². The van der Waals surface area contributed by atoms with Crippen LogP contribution in [0.4, 0.5) is 17.1 Å². The highest BCUT2D eigenvalue weighted by Crippen LogP contribution is 2.43. The van der Waals surface area contributed by atoms with Crippen LogP contribution in [0.2, 0.25) is 13.1 Å². The van der Waals surface area contributed by atoms with Gasteiger partial charge in [-0.25, -0.2) is 0 Å². The third-order valence-corrected chi connectivity index (χ3v) is 14.8. The van der Waals surface area contributed by atoms with Gasteiger partial charge in [-0.3, -0.25) is 0 Å². The van der Waals surface area contributed by atoms with Crippen molar-refractivity contribution >= 4 is 90.2 Å². The van der Waals surface area contributed by atoms with Crippen molar-refractivity contribution in [2.75, 3.05) is 4.90 Å². The Hall–Kier alpha value is -6.36. The topological polar surface area (TPSA) is 29.5 Å². The van der Waals surface area contributed by atoms with E-state index in [4.69, 9.17) is 8.83 Å². The molecule has 0 atom stereocenters. The van der Waals surface area contributed by atoms with E-state index in [2.05, 4.69) is 170 Å². The Kier molecular flexibility index (Phi) is 6.11. The van der Waals surface area contributed by atoms with Crippen LogP contribution in [0.25, 0.3) is 76.9 Å². The minimum Gasteiger partial charge on any atom is -0.456 e. The van der Waals surface area contributed by atoms with Gasteiger partial charge in [0.2, 0.25) is 0 Å². The van der Waals surface area contributed by atoms with E-state index in [1.54, 1.807) is 0 Å². The molecule has 4 heteroatoms. The summed E-state index contributed by atoms with van der Waals surface area (Å²) in [7, 11) is -2.08. The van der Waals surface area contributed by atoms with Crippen LogP contribution in [0.1, 0.15) is 0 Å². The van der Waals surface area contributed by atoms with Crippen molar-refractivity contribution in [3.05, 3.63) is 164 Å². The molecule has 0 radical (unpaired) electrons. The first-order valence-corrected chi connectivity index (χ1v) is 20.9. The van der Waals surface area contributed by atoms with E-state index in [1.165, 1.54) is 54.2 Å². The van der Waals surface area contributed by atoms with E-state index in [9.17, 15) is 0 Å². The number of nitrogens with zero attached hydrogens (tertiary/aromatic N) is 1. The van der Waals surface area contributed by atoms with Gasteiger partial charge in [0.15, 0.2) is 0 Å². The summed E-state index contributed by atoms with van der Waals surface area (Å²) in [6.45, 7) is 4.95. The molecule has 0 saturated heterocycles. The van der Waals surface area contributed by atoms with Gasteiger partial charge in [0.05, 0.1) is 0 Å². The van der Waals surface area contributed by atoms with Crippen molar-refractivity contribution in [1.29, 1.82) is 0 Å². The highest BCUT2D eigenvalue weighted by molar-refractivity contribution is 7.04. The van der Waals surface area contributed by atoms with E-state index < -0.39 is 8.07 Å². The molecule has 0 amide bonds. The number of hydrogen-bond donors (Lipinski definition) is 0. The molecular weight excluding hydrogens is 651 g/mol. The Labute approximate surface area is 302 Å². The summed E-state index contributed by atoms with van der Waals surface area (Å²) in [6, 6.07) is 59.2. The second kappa shape index (κ2) is 10.8. The Balaban J connectivity index is 1.10. The molecule has 1 aliphatic rings. The lowest BCUT2D eigenvalue weighted by atomic mass is 9.98. The molecule has 0 saturated carbocycles. The molecule has 10 aromatic rings. The van der Waals surface area contributed by atoms with Crippen molar-refractivity contribution in [2.45, 2.75) is 13.1 Å². The summed E-state index contributed by atoms with van der Waals surface area (Å²) in [4.78, 5) is 2.40. The molecule has 246 valence electrons. The quantitative estimate of drug-likeness (QED) is 0.173. The predicted molar refractivity (Wildman–Crippen MR) is 221 cm³/mol. The van der Waals surface area contributed by atoms with Gasteiger partial charge in [-0.2, -0.15) is 0 Å². The van der Waals surface area contributed by atoms with Gasteiger partial charge in [-0.15, -0.1) is 0 Å². The molecule has 0 fully saturated rings. The smallest absolute Gasteiger partial charge is 0.143 e. The molecule has 0 aliphatic carbocycles.